The molecule has 0 saturated heterocycles. The summed E-state index contributed by atoms with van der Waals surface area (Å²) in [5, 5.41) is 8.29. The van der Waals surface area contributed by atoms with Crippen LogP contribution in [0.1, 0.15) is 10.4 Å². The first-order valence-electron chi connectivity index (χ1n) is 3.04. The van der Waals surface area contributed by atoms with Gasteiger partial charge in [-0.2, -0.15) is 0 Å². The number of carbonyl (C=O) groups excluding carboxylic acids is 1. The van der Waals surface area contributed by atoms with E-state index in [1.54, 1.807) is 18.2 Å². The van der Waals surface area contributed by atoms with E-state index in [1.807, 2.05) is 0 Å². The predicted molar refractivity (Wildman–Crippen MR) is 38.4 cm³/mol. The van der Waals surface area contributed by atoms with Crippen LogP contribution in [-0.4, -0.2) is 16.9 Å². The molecule has 0 aliphatic carbocycles. The number of ketones is 1. The quantitative estimate of drug-likeness (QED) is 0.505. The van der Waals surface area contributed by atoms with Crippen molar-refractivity contribution in [1.82, 2.24) is 0 Å². The minimum absolute atomic E-state index is 0.208. The van der Waals surface area contributed by atoms with Gasteiger partial charge in [0.1, 0.15) is 0 Å². The van der Waals surface area contributed by atoms with Gasteiger partial charge in [-0.1, -0.05) is 30.3 Å². The second-order valence-corrected chi connectivity index (χ2v) is 2.00. The number of benzene rings is 1. The number of hydrogen-bond donors (Lipinski definition) is 1. The Balaban J connectivity index is 2.95. The van der Waals surface area contributed by atoms with Crippen molar-refractivity contribution >= 4 is 11.8 Å². The Morgan fingerprint density at radius 2 is 1.64 bits per heavy atom. The number of carboxylic acids is 1. The Morgan fingerprint density at radius 3 is 2.09 bits per heavy atom. The molecule has 1 aromatic carbocycles. The van der Waals surface area contributed by atoms with Crippen molar-refractivity contribution in [3.8, 4) is 0 Å². The largest absolute Gasteiger partial charge is 0.475 e. The van der Waals surface area contributed by atoms with Gasteiger partial charge in [-0.05, 0) is 0 Å². The maximum atomic E-state index is 10.7. The van der Waals surface area contributed by atoms with Gasteiger partial charge in [0.2, 0.25) is 0 Å². The van der Waals surface area contributed by atoms with Crippen molar-refractivity contribution in [3.05, 3.63) is 35.9 Å². The van der Waals surface area contributed by atoms with Gasteiger partial charge in [0.15, 0.2) is 0 Å². The summed E-state index contributed by atoms with van der Waals surface area (Å²) < 4.78 is 0. The van der Waals surface area contributed by atoms with Crippen molar-refractivity contribution in [1.29, 1.82) is 0 Å². The minimum atomic E-state index is -1.42. The molecule has 0 saturated carbocycles. The first kappa shape index (κ1) is 7.47. The van der Waals surface area contributed by atoms with E-state index >= 15 is 0 Å². The van der Waals surface area contributed by atoms with E-state index in [-0.39, 0.29) is 5.56 Å². The van der Waals surface area contributed by atoms with Crippen LogP contribution in [0, 0.1) is 0 Å². The molecule has 0 aliphatic heterocycles. The summed E-state index contributed by atoms with van der Waals surface area (Å²) in [6, 6.07) is 7.90. The van der Waals surface area contributed by atoms with E-state index in [1.165, 1.54) is 12.1 Å². The number of carboxylic acid groups (broad SMARTS) is 1. The molecule has 1 N–H and O–H groups in total. The topological polar surface area (TPSA) is 54.4 Å². The molecule has 11 heavy (non-hydrogen) atoms. The van der Waals surface area contributed by atoms with Crippen molar-refractivity contribution in [2.45, 2.75) is 0 Å². The lowest BCUT2D eigenvalue weighted by Gasteiger charge is -1.91. The summed E-state index contributed by atoms with van der Waals surface area (Å²) in [5.74, 6) is -2.29. The van der Waals surface area contributed by atoms with E-state index in [0.29, 0.717) is 0 Å². The third-order valence-electron chi connectivity index (χ3n) is 1.23. The van der Waals surface area contributed by atoms with E-state index < -0.39 is 11.8 Å². The van der Waals surface area contributed by atoms with Gasteiger partial charge >= 0.3 is 5.97 Å². The lowest BCUT2D eigenvalue weighted by molar-refractivity contribution is -0.131. The number of Topliss-reactive ketones (excluding diaryl/α,β-unsaturated/α-hetero) is 1. The Hall–Kier alpha value is -1.64. The molecule has 0 bridgehead atoms. The van der Waals surface area contributed by atoms with E-state index in [4.69, 9.17) is 5.11 Å². The maximum Gasteiger partial charge on any atom is 0.377 e. The molecule has 3 heteroatoms. The maximum absolute atomic E-state index is 10.7. The summed E-state index contributed by atoms with van der Waals surface area (Å²) in [5.41, 5.74) is 0.208. The van der Waals surface area contributed by atoms with Crippen LogP contribution in [0.25, 0.3) is 0 Å². The fourth-order valence-corrected chi connectivity index (χ4v) is 0.713. The van der Waals surface area contributed by atoms with Gasteiger partial charge in [-0.3, -0.25) is 4.79 Å². The zero-order valence-electron chi connectivity index (χ0n) is 5.65. The normalized spacial score (nSPS) is 9.09. The third kappa shape index (κ3) is 1.64. The molecule has 0 amide bonds. The van der Waals surface area contributed by atoms with Gasteiger partial charge in [0.25, 0.3) is 5.78 Å². The monoisotopic (exact) mass is 151 g/mol. The lowest BCUT2D eigenvalue weighted by atomic mass is 10.2. The molecule has 0 heterocycles. The van der Waals surface area contributed by atoms with Crippen molar-refractivity contribution in [2.24, 2.45) is 0 Å². The number of aliphatic carboxylic acids is 1. The summed E-state index contributed by atoms with van der Waals surface area (Å²) in [6.07, 6.45) is 0. The molecule has 0 aliphatic rings. The number of carbonyl (C=O) groups is 2. The first-order chi connectivity index (χ1) is 5.22. The molecule has 0 spiro atoms. The highest BCUT2D eigenvalue weighted by Crippen LogP contribution is 1.98. The van der Waals surface area contributed by atoms with Crippen LogP contribution in [0.2, 0.25) is 0 Å². The molecule has 1 aromatic rings. The molecule has 0 fully saturated rings. The van der Waals surface area contributed by atoms with Crippen LogP contribution in [0.4, 0.5) is 0 Å². The lowest BCUT2D eigenvalue weighted by Crippen LogP contribution is -2.12. The van der Waals surface area contributed by atoms with Gasteiger partial charge in [-0.15, -0.1) is 0 Å². The van der Waals surface area contributed by atoms with Crippen LogP contribution in [0.5, 0.6) is 0 Å². The van der Waals surface area contributed by atoms with Crippen LogP contribution in [0.15, 0.2) is 30.3 Å². The highest BCUT2D eigenvalue weighted by Gasteiger charge is 2.12. The highest BCUT2D eigenvalue weighted by atomic mass is 16.4. The number of rotatable bonds is 2. The second-order valence-electron chi connectivity index (χ2n) is 2.00. The smallest absolute Gasteiger partial charge is 0.377 e. The van der Waals surface area contributed by atoms with Crippen LogP contribution < -0.4 is 0 Å². The molecule has 0 aromatic heterocycles. The standard InChI is InChI=1S/C8H6O3/c9-7(8(10)11)6-4-2-1-3-5-6/h1-5H,(H,10,11)/i1+1. The molecular formula is C8H6O3. The van der Waals surface area contributed by atoms with E-state index in [9.17, 15) is 9.59 Å². The first-order valence-corrected chi connectivity index (χ1v) is 3.04. The zero-order chi connectivity index (χ0) is 8.27. The number of hydrogen-bond acceptors (Lipinski definition) is 2. The fourth-order valence-electron chi connectivity index (χ4n) is 0.713. The molecule has 1 rings (SSSR count). The molecule has 56 valence electrons. The van der Waals surface area contributed by atoms with Gasteiger partial charge in [0.05, 0.1) is 0 Å². The summed E-state index contributed by atoms with van der Waals surface area (Å²) >= 11 is 0. The Morgan fingerprint density at radius 1 is 1.09 bits per heavy atom. The zero-order valence-corrected chi connectivity index (χ0v) is 5.65. The van der Waals surface area contributed by atoms with Crippen LogP contribution >= 0.6 is 0 Å². The predicted octanol–water partition coefficient (Wildman–Crippen LogP) is 0.954. The van der Waals surface area contributed by atoms with Crippen molar-refractivity contribution in [3.63, 3.8) is 0 Å². The van der Waals surface area contributed by atoms with E-state index in [0.717, 1.165) is 0 Å². The molecule has 0 unspecified atom stereocenters. The molecule has 0 radical (unpaired) electrons. The van der Waals surface area contributed by atoms with Crippen LogP contribution in [0.3, 0.4) is 0 Å². The second kappa shape index (κ2) is 2.96. The van der Waals surface area contributed by atoms with Gasteiger partial charge < -0.3 is 5.11 Å². The Kier molecular flexibility index (Phi) is 2.01. The highest BCUT2D eigenvalue weighted by molar-refractivity contribution is 6.39. The Labute approximate surface area is 63.3 Å². The summed E-state index contributed by atoms with van der Waals surface area (Å²) in [6.45, 7) is 0. The molecular weight excluding hydrogens is 145 g/mol. The fraction of sp³-hybridized carbons (Fsp3) is 0. The third-order valence-corrected chi connectivity index (χ3v) is 1.23. The average Bonchev–Trinajstić information content (AvgIpc) is 2.05. The van der Waals surface area contributed by atoms with Gasteiger partial charge in [-0.25, -0.2) is 4.79 Å². The molecule has 3 nitrogen and oxygen atoms in total. The van der Waals surface area contributed by atoms with Crippen molar-refractivity contribution < 1.29 is 14.7 Å². The van der Waals surface area contributed by atoms with Crippen molar-refractivity contribution in [2.75, 3.05) is 0 Å². The average molecular weight is 151 g/mol. The summed E-state index contributed by atoms with van der Waals surface area (Å²) in [4.78, 5) is 20.9. The molecule has 0 atom stereocenters. The minimum Gasteiger partial charge on any atom is -0.475 e. The van der Waals surface area contributed by atoms with E-state index in [2.05, 4.69) is 0 Å². The van der Waals surface area contributed by atoms with Crippen LogP contribution in [-0.2, 0) is 4.79 Å². The van der Waals surface area contributed by atoms with Gasteiger partial charge in [0, 0.05) is 5.56 Å². The summed E-state index contributed by atoms with van der Waals surface area (Å²) in [7, 11) is 0. The SMILES string of the molecule is O=C(O)C(=O)c1cc[13cH]cc1. The Bertz CT molecular complexity index is 277.